The fourth-order valence-corrected chi connectivity index (χ4v) is 1.49. The lowest BCUT2D eigenvalue weighted by atomic mass is 10.2. The third kappa shape index (κ3) is 3.71. The van der Waals surface area contributed by atoms with Crippen LogP contribution >= 0.6 is 0 Å². The third-order valence-electron chi connectivity index (χ3n) is 2.13. The first kappa shape index (κ1) is 11.6. The number of hydrogen-bond acceptors (Lipinski definition) is 5. The minimum atomic E-state index is -0.154. The molecule has 5 heteroatoms. The van der Waals surface area contributed by atoms with E-state index in [0.717, 1.165) is 6.54 Å². The number of hydrogen-bond donors (Lipinski definition) is 1. The fourth-order valence-electron chi connectivity index (χ4n) is 1.49. The van der Waals surface area contributed by atoms with Gasteiger partial charge in [0.2, 0.25) is 0 Å². The normalized spacial score (nSPS) is 23.7. The van der Waals surface area contributed by atoms with Gasteiger partial charge in [0.1, 0.15) is 6.61 Å². The average Bonchev–Trinajstić information content (AvgIpc) is 2.18. The molecular weight excluding hydrogens is 186 g/mol. The van der Waals surface area contributed by atoms with E-state index < -0.39 is 0 Å². The maximum absolute atomic E-state index is 11.2. The standard InChI is InChI=1S/C9H17NO4/c1-13-7-8(12)4-10-2-3-14-9(5-10)6-11/h9,11H,2-7H2,1H3. The van der Waals surface area contributed by atoms with Crippen LogP contribution in [-0.4, -0.2) is 68.5 Å². The Hall–Kier alpha value is -0.490. The molecule has 1 atom stereocenters. The molecule has 14 heavy (non-hydrogen) atoms. The van der Waals surface area contributed by atoms with Gasteiger partial charge in [-0.15, -0.1) is 0 Å². The molecule has 1 saturated heterocycles. The van der Waals surface area contributed by atoms with Gasteiger partial charge < -0.3 is 14.6 Å². The minimum absolute atomic E-state index is 0.00890. The van der Waals surface area contributed by atoms with Gasteiger partial charge in [0.25, 0.3) is 0 Å². The zero-order valence-corrected chi connectivity index (χ0v) is 8.44. The van der Waals surface area contributed by atoms with Crippen LogP contribution in [0.2, 0.25) is 0 Å². The Morgan fingerprint density at radius 2 is 2.50 bits per heavy atom. The summed E-state index contributed by atoms with van der Waals surface area (Å²) in [5.74, 6) is 0.0612. The molecule has 1 rings (SSSR count). The molecular formula is C9H17NO4. The number of ether oxygens (including phenoxy) is 2. The first-order valence-electron chi connectivity index (χ1n) is 4.71. The Labute approximate surface area is 83.6 Å². The van der Waals surface area contributed by atoms with Gasteiger partial charge in [-0.2, -0.15) is 0 Å². The van der Waals surface area contributed by atoms with E-state index in [0.29, 0.717) is 19.7 Å². The highest BCUT2D eigenvalue weighted by atomic mass is 16.5. The molecule has 1 fully saturated rings. The average molecular weight is 203 g/mol. The molecule has 0 amide bonds. The van der Waals surface area contributed by atoms with E-state index in [9.17, 15) is 4.79 Å². The highest BCUT2D eigenvalue weighted by molar-refractivity contribution is 5.81. The number of carbonyl (C=O) groups is 1. The van der Waals surface area contributed by atoms with Gasteiger partial charge in [0.05, 0.1) is 25.9 Å². The molecule has 82 valence electrons. The van der Waals surface area contributed by atoms with Gasteiger partial charge in [-0.05, 0) is 0 Å². The Kier molecular flexibility index (Phi) is 5.03. The van der Waals surface area contributed by atoms with E-state index in [1.807, 2.05) is 4.90 Å². The monoisotopic (exact) mass is 203 g/mol. The first-order valence-corrected chi connectivity index (χ1v) is 4.71. The van der Waals surface area contributed by atoms with Crippen LogP contribution in [0.4, 0.5) is 0 Å². The molecule has 1 aliphatic rings. The topological polar surface area (TPSA) is 59.0 Å². The molecule has 0 bridgehead atoms. The number of carbonyl (C=O) groups excluding carboxylic acids is 1. The number of aliphatic hydroxyl groups excluding tert-OH is 1. The highest BCUT2D eigenvalue weighted by Crippen LogP contribution is 2.03. The van der Waals surface area contributed by atoms with E-state index >= 15 is 0 Å². The summed E-state index contributed by atoms with van der Waals surface area (Å²) in [7, 11) is 1.51. The van der Waals surface area contributed by atoms with Gasteiger partial charge in [0.15, 0.2) is 5.78 Å². The van der Waals surface area contributed by atoms with Gasteiger partial charge in [-0.1, -0.05) is 0 Å². The second kappa shape index (κ2) is 6.08. The van der Waals surface area contributed by atoms with Crippen LogP contribution in [0.25, 0.3) is 0 Å². The number of Topliss-reactive ketones (excluding diaryl/α,β-unsaturated/α-hetero) is 1. The summed E-state index contributed by atoms with van der Waals surface area (Å²) in [6.45, 7) is 2.48. The number of morpholine rings is 1. The van der Waals surface area contributed by atoms with Crippen molar-refractivity contribution >= 4 is 5.78 Å². The molecule has 0 radical (unpaired) electrons. The molecule has 0 spiro atoms. The number of rotatable bonds is 5. The summed E-state index contributed by atoms with van der Waals surface area (Å²) >= 11 is 0. The highest BCUT2D eigenvalue weighted by Gasteiger charge is 2.21. The van der Waals surface area contributed by atoms with E-state index in [1.165, 1.54) is 7.11 Å². The van der Waals surface area contributed by atoms with Crippen LogP contribution < -0.4 is 0 Å². The molecule has 0 aromatic carbocycles. The van der Waals surface area contributed by atoms with Crippen molar-refractivity contribution in [2.24, 2.45) is 0 Å². The molecule has 0 aromatic heterocycles. The maximum Gasteiger partial charge on any atom is 0.172 e. The van der Waals surface area contributed by atoms with Crippen molar-refractivity contribution in [1.82, 2.24) is 4.90 Å². The van der Waals surface area contributed by atoms with Gasteiger partial charge in [0, 0.05) is 20.2 Å². The van der Waals surface area contributed by atoms with Crippen LogP contribution in [0.15, 0.2) is 0 Å². The van der Waals surface area contributed by atoms with Gasteiger partial charge in [-0.25, -0.2) is 0 Å². The minimum Gasteiger partial charge on any atom is -0.394 e. The Balaban J connectivity index is 2.26. The van der Waals surface area contributed by atoms with Crippen LogP contribution in [0, 0.1) is 0 Å². The molecule has 0 saturated carbocycles. The summed E-state index contributed by atoms with van der Waals surface area (Å²) < 4.78 is 10.0. The summed E-state index contributed by atoms with van der Waals surface area (Å²) in [6, 6.07) is 0. The fraction of sp³-hybridized carbons (Fsp3) is 0.889. The van der Waals surface area contributed by atoms with Crippen molar-refractivity contribution in [2.75, 3.05) is 46.6 Å². The van der Waals surface area contributed by atoms with Crippen molar-refractivity contribution < 1.29 is 19.4 Å². The lowest BCUT2D eigenvalue weighted by Crippen LogP contribution is -2.46. The van der Waals surface area contributed by atoms with Crippen molar-refractivity contribution in [1.29, 1.82) is 0 Å². The number of ketones is 1. The number of aliphatic hydroxyl groups is 1. The van der Waals surface area contributed by atoms with Crippen molar-refractivity contribution in [3.05, 3.63) is 0 Å². The Morgan fingerprint density at radius 1 is 1.71 bits per heavy atom. The number of nitrogens with zero attached hydrogens (tertiary/aromatic N) is 1. The molecule has 0 aromatic rings. The van der Waals surface area contributed by atoms with E-state index in [-0.39, 0.29) is 25.1 Å². The summed E-state index contributed by atoms with van der Waals surface area (Å²) in [5, 5.41) is 8.89. The third-order valence-corrected chi connectivity index (χ3v) is 2.13. The largest absolute Gasteiger partial charge is 0.394 e. The molecule has 1 aliphatic heterocycles. The van der Waals surface area contributed by atoms with Crippen molar-refractivity contribution in [3.8, 4) is 0 Å². The molecule has 5 nitrogen and oxygen atoms in total. The van der Waals surface area contributed by atoms with Crippen LogP contribution in [0.3, 0.4) is 0 Å². The van der Waals surface area contributed by atoms with Crippen molar-refractivity contribution in [3.63, 3.8) is 0 Å². The molecule has 1 heterocycles. The second-order valence-corrected chi connectivity index (χ2v) is 3.38. The van der Waals surface area contributed by atoms with Crippen LogP contribution in [-0.2, 0) is 14.3 Å². The predicted octanol–water partition coefficient (Wildman–Crippen LogP) is -1.10. The van der Waals surface area contributed by atoms with Gasteiger partial charge in [-0.3, -0.25) is 9.69 Å². The smallest absolute Gasteiger partial charge is 0.172 e. The zero-order valence-electron chi connectivity index (χ0n) is 8.44. The second-order valence-electron chi connectivity index (χ2n) is 3.38. The molecule has 0 aliphatic carbocycles. The van der Waals surface area contributed by atoms with E-state index in [2.05, 4.69) is 0 Å². The van der Waals surface area contributed by atoms with Gasteiger partial charge >= 0.3 is 0 Å². The molecule has 1 unspecified atom stereocenters. The summed E-state index contributed by atoms with van der Waals surface area (Å²) in [5.41, 5.74) is 0. The maximum atomic E-state index is 11.2. The van der Waals surface area contributed by atoms with Crippen LogP contribution in [0.1, 0.15) is 0 Å². The lowest BCUT2D eigenvalue weighted by molar-refractivity contribution is -0.126. The Morgan fingerprint density at radius 3 is 3.14 bits per heavy atom. The zero-order chi connectivity index (χ0) is 10.4. The molecule has 1 N–H and O–H groups in total. The van der Waals surface area contributed by atoms with Crippen molar-refractivity contribution in [2.45, 2.75) is 6.10 Å². The quantitative estimate of drug-likeness (QED) is 0.614. The summed E-state index contributed by atoms with van der Waals surface area (Å²) in [4.78, 5) is 13.2. The predicted molar refractivity (Wildman–Crippen MR) is 50.1 cm³/mol. The van der Waals surface area contributed by atoms with E-state index in [1.54, 1.807) is 0 Å². The summed E-state index contributed by atoms with van der Waals surface area (Å²) in [6.07, 6.45) is -0.154. The van der Waals surface area contributed by atoms with Crippen LogP contribution in [0.5, 0.6) is 0 Å². The number of methoxy groups -OCH3 is 1. The van der Waals surface area contributed by atoms with E-state index in [4.69, 9.17) is 14.6 Å². The lowest BCUT2D eigenvalue weighted by Gasteiger charge is -2.31. The Bertz CT molecular complexity index is 186. The first-order chi connectivity index (χ1) is 6.76. The SMILES string of the molecule is COCC(=O)CN1CCOC(CO)C1.